The highest BCUT2D eigenvalue weighted by molar-refractivity contribution is 7.99. The van der Waals surface area contributed by atoms with Gasteiger partial charge < -0.3 is 5.32 Å². The predicted molar refractivity (Wildman–Crippen MR) is 66.4 cm³/mol. The van der Waals surface area contributed by atoms with E-state index in [2.05, 4.69) is 12.2 Å². The molecule has 92 valence electrons. The number of nitrogens with zero attached hydrogens (tertiary/aromatic N) is 1. The van der Waals surface area contributed by atoms with Gasteiger partial charge in [0.15, 0.2) is 0 Å². The standard InChI is InChI=1S/C11H20N2O2S/c1-7(2)13-10(14)5-9(11(13)15)12-6-8(3)16-4/h7-9,12H,5-6H2,1-4H3. The van der Waals surface area contributed by atoms with E-state index in [-0.39, 0.29) is 23.9 Å². The molecule has 0 aromatic heterocycles. The summed E-state index contributed by atoms with van der Waals surface area (Å²) in [6.07, 6.45) is 2.34. The summed E-state index contributed by atoms with van der Waals surface area (Å²) in [5.41, 5.74) is 0. The van der Waals surface area contributed by atoms with Crippen molar-refractivity contribution in [3.05, 3.63) is 0 Å². The van der Waals surface area contributed by atoms with Gasteiger partial charge in [-0.15, -0.1) is 0 Å². The average molecular weight is 244 g/mol. The van der Waals surface area contributed by atoms with Crippen molar-refractivity contribution in [1.82, 2.24) is 10.2 Å². The average Bonchev–Trinajstić information content (AvgIpc) is 2.50. The molecule has 0 aromatic rings. The summed E-state index contributed by atoms with van der Waals surface area (Å²) in [6, 6.07) is -0.353. The Bertz CT molecular complexity index is 281. The van der Waals surface area contributed by atoms with Gasteiger partial charge in [0.05, 0.1) is 12.5 Å². The Morgan fingerprint density at radius 2 is 2.06 bits per heavy atom. The Morgan fingerprint density at radius 1 is 1.44 bits per heavy atom. The quantitative estimate of drug-likeness (QED) is 0.729. The summed E-state index contributed by atoms with van der Waals surface area (Å²) in [7, 11) is 0. The Balaban J connectivity index is 2.52. The van der Waals surface area contributed by atoms with Crippen LogP contribution in [0, 0.1) is 0 Å². The minimum absolute atomic E-state index is 0.0372. The summed E-state index contributed by atoms with van der Waals surface area (Å²) < 4.78 is 0. The van der Waals surface area contributed by atoms with Crippen molar-refractivity contribution in [2.24, 2.45) is 0 Å². The molecule has 0 bridgehead atoms. The number of amides is 2. The van der Waals surface area contributed by atoms with E-state index in [1.54, 1.807) is 11.8 Å². The highest BCUT2D eigenvalue weighted by Gasteiger charge is 2.39. The number of hydrogen-bond acceptors (Lipinski definition) is 4. The number of thioether (sulfide) groups is 1. The van der Waals surface area contributed by atoms with Gasteiger partial charge in [0, 0.05) is 17.8 Å². The van der Waals surface area contributed by atoms with Crippen LogP contribution < -0.4 is 5.32 Å². The van der Waals surface area contributed by atoms with Gasteiger partial charge in [-0.1, -0.05) is 6.92 Å². The lowest BCUT2D eigenvalue weighted by Gasteiger charge is -2.19. The third-order valence-corrected chi connectivity index (χ3v) is 3.72. The lowest BCUT2D eigenvalue weighted by molar-refractivity contribution is -0.140. The minimum atomic E-state index is -0.315. The van der Waals surface area contributed by atoms with Crippen molar-refractivity contribution in [2.75, 3.05) is 12.8 Å². The molecule has 1 rings (SSSR count). The lowest BCUT2D eigenvalue weighted by Crippen LogP contribution is -2.43. The van der Waals surface area contributed by atoms with Crippen molar-refractivity contribution >= 4 is 23.6 Å². The second kappa shape index (κ2) is 5.68. The molecule has 1 aliphatic rings. The topological polar surface area (TPSA) is 49.4 Å². The first-order valence-corrected chi connectivity index (χ1v) is 6.88. The largest absolute Gasteiger partial charge is 0.304 e. The zero-order valence-electron chi connectivity index (χ0n) is 10.3. The van der Waals surface area contributed by atoms with Crippen molar-refractivity contribution in [3.63, 3.8) is 0 Å². The van der Waals surface area contributed by atoms with Crippen LogP contribution in [0.3, 0.4) is 0 Å². The normalized spacial score (nSPS) is 23.3. The van der Waals surface area contributed by atoms with Gasteiger partial charge in [-0.05, 0) is 20.1 Å². The minimum Gasteiger partial charge on any atom is -0.304 e. The van der Waals surface area contributed by atoms with Gasteiger partial charge in [-0.2, -0.15) is 11.8 Å². The second-order valence-corrected chi connectivity index (χ2v) is 5.68. The maximum atomic E-state index is 11.9. The van der Waals surface area contributed by atoms with E-state index < -0.39 is 0 Å². The molecular formula is C11H20N2O2S. The molecule has 1 saturated heterocycles. The van der Waals surface area contributed by atoms with E-state index in [1.807, 2.05) is 20.1 Å². The summed E-state index contributed by atoms with van der Waals surface area (Å²) in [6.45, 7) is 6.58. The van der Waals surface area contributed by atoms with E-state index >= 15 is 0 Å². The van der Waals surface area contributed by atoms with Crippen molar-refractivity contribution in [3.8, 4) is 0 Å². The van der Waals surface area contributed by atoms with E-state index in [0.717, 1.165) is 6.54 Å². The SMILES string of the molecule is CSC(C)CNC1CC(=O)N(C(C)C)C1=O. The third kappa shape index (κ3) is 2.98. The monoisotopic (exact) mass is 244 g/mol. The lowest BCUT2D eigenvalue weighted by atomic mass is 10.2. The van der Waals surface area contributed by atoms with Crippen molar-refractivity contribution < 1.29 is 9.59 Å². The number of imide groups is 1. The summed E-state index contributed by atoms with van der Waals surface area (Å²) >= 11 is 1.74. The molecule has 2 unspecified atom stereocenters. The van der Waals surface area contributed by atoms with Gasteiger partial charge in [0.25, 0.3) is 0 Å². The first-order chi connectivity index (χ1) is 7.47. The van der Waals surface area contributed by atoms with Crippen LogP contribution in [-0.2, 0) is 9.59 Å². The van der Waals surface area contributed by atoms with Crippen LogP contribution in [0.5, 0.6) is 0 Å². The molecule has 1 N–H and O–H groups in total. The van der Waals surface area contributed by atoms with Crippen LogP contribution in [0.2, 0.25) is 0 Å². The van der Waals surface area contributed by atoms with Gasteiger partial charge >= 0.3 is 0 Å². The van der Waals surface area contributed by atoms with Crippen LogP contribution in [0.25, 0.3) is 0 Å². The molecule has 5 heteroatoms. The molecule has 1 fully saturated rings. The fourth-order valence-corrected chi connectivity index (χ4v) is 2.01. The van der Waals surface area contributed by atoms with Crippen LogP contribution in [-0.4, -0.2) is 46.8 Å². The molecule has 1 aliphatic heterocycles. The molecule has 0 aliphatic carbocycles. The molecule has 1 heterocycles. The zero-order chi connectivity index (χ0) is 12.3. The van der Waals surface area contributed by atoms with E-state index in [9.17, 15) is 9.59 Å². The Morgan fingerprint density at radius 3 is 2.50 bits per heavy atom. The van der Waals surface area contributed by atoms with Crippen LogP contribution >= 0.6 is 11.8 Å². The molecule has 16 heavy (non-hydrogen) atoms. The number of likely N-dealkylation sites (tertiary alicyclic amines) is 1. The number of rotatable bonds is 5. The maximum absolute atomic E-state index is 11.9. The Labute approximate surface area is 101 Å². The van der Waals surface area contributed by atoms with Crippen LogP contribution in [0.1, 0.15) is 27.2 Å². The molecule has 0 aromatic carbocycles. The van der Waals surface area contributed by atoms with E-state index in [0.29, 0.717) is 11.7 Å². The maximum Gasteiger partial charge on any atom is 0.247 e. The fourth-order valence-electron chi connectivity index (χ4n) is 1.74. The molecule has 2 atom stereocenters. The number of carbonyl (C=O) groups is 2. The summed E-state index contributed by atoms with van der Waals surface area (Å²) in [5, 5.41) is 3.62. The molecular weight excluding hydrogens is 224 g/mol. The first kappa shape index (κ1) is 13.5. The first-order valence-electron chi connectivity index (χ1n) is 5.59. The van der Waals surface area contributed by atoms with Gasteiger partial charge in [0.2, 0.25) is 11.8 Å². The zero-order valence-corrected chi connectivity index (χ0v) is 11.1. The van der Waals surface area contributed by atoms with Crippen LogP contribution in [0.4, 0.5) is 0 Å². The number of hydrogen-bond donors (Lipinski definition) is 1. The smallest absolute Gasteiger partial charge is 0.247 e. The molecule has 0 spiro atoms. The summed E-state index contributed by atoms with van der Waals surface area (Å²) in [4.78, 5) is 24.9. The Kier molecular flexibility index (Phi) is 4.80. The molecule has 0 radical (unpaired) electrons. The summed E-state index contributed by atoms with van der Waals surface area (Å²) in [5.74, 6) is -0.136. The van der Waals surface area contributed by atoms with Crippen molar-refractivity contribution in [2.45, 2.75) is 44.5 Å². The van der Waals surface area contributed by atoms with Gasteiger partial charge in [-0.25, -0.2) is 0 Å². The highest BCUT2D eigenvalue weighted by Crippen LogP contribution is 2.16. The van der Waals surface area contributed by atoms with Gasteiger partial charge in [-0.3, -0.25) is 14.5 Å². The van der Waals surface area contributed by atoms with Crippen molar-refractivity contribution in [1.29, 1.82) is 0 Å². The Hall–Kier alpha value is -0.550. The van der Waals surface area contributed by atoms with Crippen LogP contribution in [0.15, 0.2) is 0 Å². The molecule has 0 saturated carbocycles. The molecule has 4 nitrogen and oxygen atoms in total. The number of carbonyl (C=O) groups excluding carboxylic acids is 2. The molecule has 2 amide bonds. The predicted octanol–water partition coefficient (Wildman–Crippen LogP) is 0.863. The number of nitrogens with one attached hydrogen (secondary N) is 1. The third-order valence-electron chi connectivity index (χ3n) is 2.75. The highest BCUT2D eigenvalue weighted by atomic mass is 32.2. The second-order valence-electron chi connectivity index (χ2n) is 4.41. The van der Waals surface area contributed by atoms with Gasteiger partial charge in [0.1, 0.15) is 0 Å². The van der Waals surface area contributed by atoms with E-state index in [4.69, 9.17) is 0 Å². The fraction of sp³-hybridized carbons (Fsp3) is 0.818. The van der Waals surface area contributed by atoms with E-state index in [1.165, 1.54) is 4.90 Å².